The molecule has 8 heteroatoms. The summed E-state index contributed by atoms with van der Waals surface area (Å²) in [5, 5.41) is 0. The first-order valence-corrected chi connectivity index (χ1v) is 19.8. The van der Waals surface area contributed by atoms with Crippen LogP contribution in [0.15, 0.2) is 0 Å². The third-order valence-corrected chi connectivity index (χ3v) is 0. The van der Waals surface area contributed by atoms with Crippen molar-refractivity contribution in [1.29, 1.82) is 0 Å². The van der Waals surface area contributed by atoms with Crippen LogP contribution in [0.4, 0.5) is 0 Å². The van der Waals surface area contributed by atoms with Gasteiger partial charge < -0.3 is 0 Å². The molecule has 0 aliphatic rings. The van der Waals surface area contributed by atoms with Crippen LogP contribution in [0.5, 0.6) is 0 Å². The molecule has 0 bridgehead atoms. The van der Waals surface area contributed by atoms with E-state index in [-0.39, 0.29) is 0 Å². The summed E-state index contributed by atoms with van der Waals surface area (Å²) in [6.45, 7) is 2.05. The van der Waals surface area contributed by atoms with Gasteiger partial charge >= 0.3 is 49.5 Å². The maximum atomic E-state index is 5.43. The van der Waals surface area contributed by atoms with Gasteiger partial charge in [-0.3, -0.25) is 0 Å². The molecule has 0 aliphatic carbocycles. The fourth-order valence-electron chi connectivity index (χ4n) is 0. The van der Waals surface area contributed by atoms with Gasteiger partial charge in [0.1, 0.15) is 0 Å². The van der Waals surface area contributed by atoms with E-state index in [0.29, 0.717) is 0 Å². The molecule has 0 spiro atoms. The molecule has 0 radical (unpaired) electrons. The zero-order chi connectivity index (χ0) is 9.00. The first kappa shape index (κ1) is 15.3. The van der Waals surface area contributed by atoms with Crippen molar-refractivity contribution in [3.63, 3.8) is 0 Å². The zero-order valence-electron chi connectivity index (χ0n) is 5.27. The standard InChI is InChI=1S/C2H6Cl2Si.4ClH.Zr/c1-5(2,3)4;;;;;/h1-2H3;4*1H;/q;;;;;+4/p-4. The molecule has 0 saturated carbocycles. The Morgan fingerprint density at radius 2 is 0.900 bits per heavy atom. The van der Waals surface area contributed by atoms with Crippen LogP contribution in [0.3, 0.4) is 0 Å². The van der Waals surface area contributed by atoms with Crippen LogP contribution in [-0.2, 0) is 15.5 Å². The third kappa shape index (κ3) is 130. The summed E-state index contributed by atoms with van der Waals surface area (Å²) in [7, 11) is 20.1. The minimum absolute atomic E-state index is 1.67. The van der Waals surface area contributed by atoms with E-state index in [2.05, 4.69) is 0 Å². The molecule has 0 aromatic rings. The first-order chi connectivity index (χ1) is 4.00. The van der Waals surface area contributed by atoms with E-state index in [0.717, 1.165) is 0 Å². The molecule has 0 aliphatic heterocycles. The molecule has 64 valence electrons. The van der Waals surface area contributed by atoms with Crippen LogP contribution in [-0.4, -0.2) is 6.69 Å². The van der Waals surface area contributed by atoms with Gasteiger partial charge in [-0.2, -0.15) is 0 Å². The number of hydrogen-bond donors (Lipinski definition) is 0. The zero-order valence-corrected chi connectivity index (χ0v) is 13.3. The van der Waals surface area contributed by atoms with Gasteiger partial charge in [0.2, 0.25) is 6.69 Å². The van der Waals surface area contributed by atoms with E-state index in [1.165, 1.54) is 0 Å². The molecule has 0 N–H and O–H groups in total. The Labute approximate surface area is 90.1 Å². The molecule has 0 rings (SSSR count). The van der Waals surface area contributed by atoms with Crippen LogP contribution < -0.4 is 0 Å². The summed E-state index contributed by atoms with van der Waals surface area (Å²) in [4.78, 5) is 0. The first-order valence-electron chi connectivity index (χ1n) is 2.13. The Balaban J connectivity index is 0. The molecule has 10 heavy (non-hydrogen) atoms. The predicted molar refractivity (Wildman–Crippen MR) is 52.6 cm³/mol. The van der Waals surface area contributed by atoms with Gasteiger partial charge in [0, 0.05) is 0 Å². The van der Waals surface area contributed by atoms with E-state index in [1.54, 1.807) is 0 Å². The molecule has 0 saturated heterocycles. The molecule has 0 aromatic heterocycles. The normalized spacial score (nSPS) is 12.0. The second-order valence-corrected chi connectivity index (χ2v) is 33.1. The van der Waals surface area contributed by atoms with Crippen molar-refractivity contribution in [3.8, 4) is 0 Å². The molecule has 0 aromatic carbocycles. The summed E-state index contributed by atoms with van der Waals surface area (Å²) in [6.07, 6.45) is 0. The van der Waals surface area contributed by atoms with Crippen molar-refractivity contribution in [3.05, 3.63) is 0 Å². The molecular weight excluding hydrogens is 356 g/mol. The maximum absolute atomic E-state index is 5.43. The van der Waals surface area contributed by atoms with Gasteiger partial charge in [-0.25, -0.2) is 0 Å². The Hall–Kier alpha value is 2.84. The predicted octanol–water partition coefficient (Wildman–Crippen LogP) is 4.92. The van der Waals surface area contributed by atoms with Gasteiger partial charge in [0.05, 0.1) is 0 Å². The fraction of sp³-hybridized carbons (Fsp3) is 1.00. The van der Waals surface area contributed by atoms with Crippen LogP contribution in [0.2, 0.25) is 13.1 Å². The van der Waals surface area contributed by atoms with Gasteiger partial charge in [-0.15, -0.1) is 22.2 Å². The molecule has 0 nitrogen and oxygen atoms in total. The Bertz CT molecular complexity index is 58.7. The van der Waals surface area contributed by atoms with Crippen LogP contribution >= 0.6 is 56.2 Å². The minimum atomic E-state index is -3.29. The Kier molecular flexibility index (Phi) is 9.68. The fourth-order valence-corrected chi connectivity index (χ4v) is 0. The second kappa shape index (κ2) is 6.32. The SMILES string of the molecule is C[Si](C)(Cl)Cl.[Cl][Zr]([Cl])([Cl])[Cl]. The van der Waals surface area contributed by atoms with E-state index in [1.807, 2.05) is 13.1 Å². The molecular formula is C2H6Cl6SiZr. The molecule has 0 amide bonds. The van der Waals surface area contributed by atoms with Crippen molar-refractivity contribution in [2.24, 2.45) is 0 Å². The van der Waals surface area contributed by atoms with Gasteiger partial charge in [0.15, 0.2) is 0 Å². The molecule has 0 atom stereocenters. The summed E-state index contributed by atoms with van der Waals surface area (Å²) >= 11 is 7.58. The van der Waals surface area contributed by atoms with Crippen molar-refractivity contribution in [2.75, 3.05) is 0 Å². The summed E-state index contributed by atoms with van der Waals surface area (Å²) < 4.78 is 0. The Morgan fingerprint density at radius 3 is 0.900 bits per heavy atom. The van der Waals surface area contributed by atoms with E-state index in [4.69, 9.17) is 56.2 Å². The van der Waals surface area contributed by atoms with Gasteiger partial charge in [0.25, 0.3) is 0 Å². The molecule has 0 fully saturated rings. The number of rotatable bonds is 0. The van der Waals surface area contributed by atoms with E-state index < -0.39 is 22.2 Å². The second-order valence-electron chi connectivity index (χ2n) is 1.76. The summed E-state index contributed by atoms with van der Waals surface area (Å²) in [5.41, 5.74) is 0. The quantitative estimate of drug-likeness (QED) is 0.424. The van der Waals surface area contributed by atoms with Crippen LogP contribution in [0.1, 0.15) is 0 Å². The van der Waals surface area contributed by atoms with E-state index in [9.17, 15) is 0 Å². The van der Waals surface area contributed by atoms with Crippen molar-refractivity contribution >= 4 is 62.9 Å². The number of halogens is 6. The van der Waals surface area contributed by atoms with Crippen molar-refractivity contribution in [2.45, 2.75) is 13.1 Å². The third-order valence-electron chi connectivity index (χ3n) is 0. The topological polar surface area (TPSA) is 0 Å². The van der Waals surface area contributed by atoms with Gasteiger partial charge in [-0.1, -0.05) is 0 Å². The van der Waals surface area contributed by atoms with Crippen molar-refractivity contribution < 1.29 is 15.5 Å². The summed E-state index contributed by atoms with van der Waals surface area (Å²) in [6, 6.07) is 0. The molecule has 0 heterocycles. The van der Waals surface area contributed by atoms with Crippen molar-refractivity contribution in [1.82, 2.24) is 0 Å². The van der Waals surface area contributed by atoms with Gasteiger partial charge in [-0.05, 0) is 13.1 Å². The molecule has 0 unspecified atom stereocenters. The Morgan fingerprint density at radius 1 is 0.900 bits per heavy atom. The number of hydrogen-bond acceptors (Lipinski definition) is 0. The monoisotopic (exact) mass is 358 g/mol. The van der Waals surface area contributed by atoms with Crippen LogP contribution in [0, 0.1) is 0 Å². The van der Waals surface area contributed by atoms with E-state index >= 15 is 0 Å². The summed E-state index contributed by atoms with van der Waals surface area (Å²) in [5.74, 6) is 0. The average Bonchev–Trinajstić information content (AvgIpc) is 1.12. The van der Waals surface area contributed by atoms with Crippen LogP contribution in [0.25, 0.3) is 0 Å². The average molecular weight is 362 g/mol.